The van der Waals surface area contributed by atoms with Crippen molar-refractivity contribution >= 4 is 17.3 Å². The third-order valence-electron chi connectivity index (χ3n) is 3.38. The average molecular weight is 258 g/mol. The summed E-state index contributed by atoms with van der Waals surface area (Å²) in [6.07, 6.45) is 6.28. The lowest BCUT2D eigenvalue weighted by molar-refractivity contribution is 0.145. The molecule has 1 rings (SSSR count). The van der Waals surface area contributed by atoms with Gasteiger partial charge in [0.15, 0.2) is 5.11 Å². The molecule has 2 unspecified atom stereocenters. The number of ether oxygens (including phenoxy) is 1. The first-order chi connectivity index (χ1) is 8.24. The predicted molar refractivity (Wildman–Crippen MR) is 76.3 cm³/mol. The number of nitrogens with one attached hydrogen (secondary N) is 2. The lowest BCUT2D eigenvalue weighted by Crippen LogP contribution is -2.46. The molecule has 0 heterocycles. The standard InChI is InChI=1S/C13H26N2OS/c1-3-16-10-6-9-14-13(17)15-12-8-5-4-7-11(12)2/h11-12H,3-10H2,1-2H3,(H2,14,15,17). The number of rotatable bonds is 6. The van der Waals surface area contributed by atoms with Gasteiger partial charge in [-0.1, -0.05) is 19.8 Å². The molecule has 4 heteroatoms. The van der Waals surface area contributed by atoms with Crippen molar-refractivity contribution in [1.82, 2.24) is 10.6 Å². The highest BCUT2D eigenvalue weighted by atomic mass is 32.1. The van der Waals surface area contributed by atoms with Crippen LogP contribution in [0.2, 0.25) is 0 Å². The van der Waals surface area contributed by atoms with Crippen molar-refractivity contribution in [2.75, 3.05) is 19.8 Å². The summed E-state index contributed by atoms with van der Waals surface area (Å²) < 4.78 is 5.28. The Labute approximate surface area is 111 Å². The third-order valence-corrected chi connectivity index (χ3v) is 3.65. The Kier molecular flexibility index (Phi) is 7.53. The van der Waals surface area contributed by atoms with E-state index in [1.807, 2.05) is 6.92 Å². The molecule has 17 heavy (non-hydrogen) atoms. The SMILES string of the molecule is CCOCCCNC(=S)NC1CCCCC1C. The number of hydrogen-bond acceptors (Lipinski definition) is 2. The number of thiocarbonyl (C=S) groups is 1. The molecule has 0 saturated heterocycles. The second-order valence-electron chi connectivity index (χ2n) is 4.82. The molecule has 0 aromatic rings. The minimum Gasteiger partial charge on any atom is -0.382 e. The van der Waals surface area contributed by atoms with Crippen LogP contribution in [0.25, 0.3) is 0 Å². The molecule has 3 nitrogen and oxygen atoms in total. The van der Waals surface area contributed by atoms with Gasteiger partial charge in [-0.15, -0.1) is 0 Å². The van der Waals surface area contributed by atoms with Gasteiger partial charge in [0, 0.05) is 25.8 Å². The van der Waals surface area contributed by atoms with Gasteiger partial charge in [-0.25, -0.2) is 0 Å². The molecular formula is C13H26N2OS. The van der Waals surface area contributed by atoms with Crippen molar-refractivity contribution in [3.8, 4) is 0 Å². The van der Waals surface area contributed by atoms with Crippen LogP contribution < -0.4 is 10.6 Å². The van der Waals surface area contributed by atoms with Gasteiger partial charge in [-0.2, -0.15) is 0 Å². The minimum atomic E-state index is 0.565. The maximum absolute atomic E-state index is 5.30. The van der Waals surface area contributed by atoms with Crippen LogP contribution in [0.3, 0.4) is 0 Å². The van der Waals surface area contributed by atoms with Gasteiger partial charge in [0.1, 0.15) is 0 Å². The zero-order chi connectivity index (χ0) is 12.5. The fourth-order valence-corrected chi connectivity index (χ4v) is 2.52. The largest absolute Gasteiger partial charge is 0.382 e. The zero-order valence-corrected chi connectivity index (χ0v) is 11.9. The fraction of sp³-hybridized carbons (Fsp3) is 0.923. The lowest BCUT2D eigenvalue weighted by Gasteiger charge is -2.30. The van der Waals surface area contributed by atoms with Crippen LogP contribution in [0, 0.1) is 5.92 Å². The monoisotopic (exact) mass is 258 g/mol. The Hall–Kier alpha value is -0.350. The van der Waals surface area contributed by atoms with Crippen LogP contribution in [0.1, 0.15) is 46.0 Å². The molecule has 1 aliphatic rings. The summed E-state index contributed by atoms with van der Waals surface area (Å²) in [5.41, 5.74) is 0. The molecular weight excluding hydrogens is 232 g/mol. The maximum Gasteiger partial charge on any atom is 0.166 e. The Balaban J connectivity index is 2.07. The van der Waals surface area contributed by atoms with Crippen LogP contribution in [-0.4, -0.2) is 30.9 Å². The molecule has 2 atom stereocenters. The van der Waals surface area contributed by atoms with Crippen molar-refractivity contribution in [3.05, 3.63) is 0 Å². The third kappa shape index (κ3) is 6.22. The van der Waals surface area contributed by atoms with E-state index in [1.54, 1.807) is 0 Å². The first-order valence-electron chi connectivity index (χ1n) is 6.86. The summed E-state index contributed by atoms with van der Waals surface area (Å²) in [7, 11) is 0. The minimum absolute atomic E-state index is 0.565. The molecule has 2 N–H and O–H groups in total. The van der Waals surface area contributed by atoms with E-state index in [-0.39, 0.29) is 0 Å². The molecule has 0 amide bonds. The Morgan fingerprint density at radius 1 is 1.35 bits per heavy atom. The molecule has 1 saturated carbocycles. The molecule has 0 spiro atoms. The van der Waals surface area contributed by atoms with Crippen LogP contribution in [0.4, 0.5) is 0 Å². The second-order valence-corrected chi connectivity index (χ2v) is 5.23. The Morgan fingerprint density at radius 2 is 2.12 bits per heavy atom. The van der Waals surface area contributed by atoms with Gasteiger partial charge in [-0.05, 0) is 44.3 Å². The summed E-state index contributed by atoms with van der Waals surface area (Å²) in [6.45, 7) is 6.83. The van der Waals surface area contributed by atoms with Gasteiger partial charge >= 0.3 is 0 Å². The Morgan fingerprint density at radius 3 is 2.82 bits per heavy atom. The van der Waals surface area contributed by atoms with Crippen molar-refractivity contribution in [2.24, 2.45) is 5.92 Å². The summed E-state index contributed by atoms with van der Waals surface area (Å²) in [4.78, 5) is 0. The first kappa shape index (κ1) is 14.7. The van der Waals surface area contributed by atoms with Crippen molar-refractivity contribution in [2.45, 2.75) is 52.0 Å². The van der Waals surface area contributed by atoms with Gasteiger partial charge in [-0.3, -0.25) is 0 Å². The smallest absolute Gasteiger partial charge is 0.166 e. The van der Waals surface area contributed by atoms with E-state index in [0.717, 1.165) is 37.2 Å². The molecule has 0 bridgehead atoms. The molecule has 0 aliphatic heterocycles. The molecule has 0 radical (unpaired) electrons. The average Bonchev–Trinajstić information content (AvgIpc) is 2.32. The van der Waals surface area contributed by atoms with Crippen LogP contribution in [0.5, 0.6) is 0 Å². The van der Waals surface area contributed by atoms with Gasteiger partial charge < -0.3 is 15.4 Å². The van der Waals surface area contributed by atoms with Crippen molar-refractivity contribution in [3.63, 3.8) is 0 Å². The van der Waals surface area contributed by atoms with Gasteiger partial charge in [0.25, 0.3) is 0 Å². The summed E-state index contributed by atoms with van der Waals surface area (Å²) in [6, 6.07) is 0.565. The van der Waals surface area contributed by atoms with Crippen LogP contribution in [0.15, 0.2) is 0 Å². The van der Waals surface area contributed by atoms with E-state index < -0.39 is 0 Å². The first-order valence-corrected chi connectivity index (χ1v) is 7.27. The highest BCUT2D eigenvalue weighted by Gasteiger charge is 2.21. The normalized spacial score (nSPS) is 24.4. The molecule has 100 valence electrons. The highest BCUT2D eigenvalue weighted by Crippen LogP contribution is 2.23. The van der Waals surface area contributed by atoms with E-state index in [0.29, 0.717) is 6.04 Å². The lowest BCUT2D eigenvalue weighted by atomic mass is 9.86. The van der Waals surface area contributed by atoms with Gasteiger partial charge in [0.05, 0.1) is 0 Å². The molecule has 1 fully saturated rings. The maximum atomic E-state index is 5.30. The zero-order valence-electron chi connectivity index (χ0n) is 11.1. The predicted octanol–water partition coefficient (Wildman–Crippen LogP) is 2.46. The van der Waals surface area contributed by atoms with E-state index in [9.17, 15) is 0 Å². The molecule has 1 aliphatic carbocycles. The highest BCUT2D eigenvalue weighted by molar-refractivity contribution is 7.80. The molecule has 0 aromatic carbocycles. The quantitative estimate of drug-likeness (QED) is 0.566. The van der Waals surface area contributed by atoms with E-state index >= 15 is 0 Å². The summed E-state index contributed by atoms with van der Waals surface area (Å²) in [5.74, 6) is 0.743. The van der Waals surface area contributed by atoms with E-state index in [2.05, 4.69) is 17.6 Å². The topological polar surface area (TPSA) is 33.3 Å². The second kappa shape index (κ2) is 8.70. The number of hydrogen-bond donors (Lipinski definition) is 2. The van der Waals surface area contributed by atoms with Crippen molar-refractivity contribution in [1.29, 1.82) is 0 Å². The van der Waals surface area contributed by atoms with E-state index in [1.165, 1.54) is 25.7 Å². The summed E-state index contributed by atoms with van der Waals surface area (Å²) >= 11 is 5.30. The Bertz CT molecular complexity index is 223. The fourth-order valence-electron chi connectivity index (χ4n) is 2.27. The summed E-state index contributed by atoms with van der Waals surface area (Å²) in [5, 5.41) is 7.49. The van der Waals surface area contributed by atoms with Gasteiger partial charge in [0.2, 0.25) is 0 Å². The van der Waals surface area contributed by atoms with E-state index in [4.69, 9.17) is 17.0 Å². The van der Waals surface area contributed by atoms with Crippen LogP contribution >= 0.6 is 12.2 Å². The van der Waals surface area contributed by atoms with Crippen molar-refractivity contribution < 1.29 is 4.74 Å². The molecule has 0 aromatic heterocycles. The van der Waals surface area contributed by atoms with Crippen LogP contribution in [-0.2, 0) is 4.74 Å².